The Labute approximate surface area is 141 Å². The first-order valence-electron chi connectivity index (χ1n) is 6.38. The van der Waals surface area contributed by atoms with E-state index >= 15 is 0 Å². The number of thioether (sulfide) groups is 1. The molecule has 1 aliphatic heterocycles. The summed E-state index contributed by atoms with van der Waals surface area (Å²) < 4.78 is 0. The highest BCUT2D eigenvalue weighted by molar-refractivity contribution is 8.18. The van der Waals surface area contributed by atoms with Crippen molar-refractivity contribution in [1.82, 2.24) is 9.88 Å². The lowest BCUT2D eigenvalue weighted by Crippen LogP contribution is -2.27. The van der Waals surface area contributed by atoms with Crippen molar-refractivity contribution in [3.63, 3.8) is 0 Å². The molecule has 4 nitrogen and oxygen atoms in total. The van der Waals surface area contributed by atoms with E-state index in [0.717, 1.165) is 22.4 Å². The molecule has 0 saturated carbocycles. The van der Waals surface area contributed by atoms with Gasteiger partial charge in [-0.15, -0.1) is 0 Å². The third-order valence-corrected chi connectivity index (χ3v) is 4.78. The van der Waals surface area contributed by atoms with E-state index in [1.165, 1.54) is 0 Å². The Balaban J connectivity index is 1.86. The standard InChI is InChI=1S/C15H10Cl2N2O2S/c16-11-4-1-5-12(17)10(11)8-19-14(20)13(22-15(19)21)7-9-3-2-6-18-9/h1-7,18H,8H2/b13-7-. The Morgan fingerprint density at radius 3 is 2.50 bits per heavy atom. The van der Waals surface area contributed by atoms with Crippen molar-refractivity contribution in [3.8, 4) is 0 Å². The quantitative estimate of drug-likeness (QED) is 0.823. The fraction of sp³-hybridized carbons (Fsp3) is 0.0667. The summed E-state index contributed by atoms with van der Waals surface area (Å²) in [6.07, 6.45) is 3.40. The van der Waals surface area contributed by atoms with Crippen LogP contribution in [0.3, 0.4) is 0 Å². The molecule has 2 amide bonds. The molecule has 0 spiro atoms. The summed E-state index contributed by atoms with van der Waals surface area (Å²) in [4.78, 5) is 29.0. The van der Waals surface area contributed by atoms with Gasteiger partial charge < -0.3 is 4.98 Å². The van der Waals surface area contributed by atoms with Crippen LogP contribution in [-0.2, 0) is 11.3 Å². The second-order valence-corrected chi connectivity index (χ2v) is 6.40. The van der Waals surface area contributed by atoms with Crippen LogP contribution in [0.5, 0.6) is 0 Å². The molecule has 1 aromatic carbocycles. The van der Waals surface area contributed by atoms with Crippen molar-refractivity contribution in [3.05, 3.63) is 62.7 Å². The minimum Gasteiger partial charge on any atom is -0.362 e. The largest absolute Gasteiger partial charge is 0.362 e. The molecular weight excluding hydrogens is 343 g/mol. The molecule has 112 valence electrons. The zero-order valence-corrected chi connectivity index (χ0v) is 13.5. The van der Waals surface area contributed by atoms with Crippen LogP contribution in [-0.4, -0.2) is 21.0 Å². The summed E-state index contributed by atoms with van der Waals surface area (Å²) in [6.45, 7) is 0.0608. The number of amides is 2. The van der Waals surface area contributed by atoms with E-state index in [0.29, 0.717) is 20.5 Å². The Hall–Kier alpha value is -1.69. The summed E-state index contributed by atoms with van der Waals surface area (Å²) in [6, 6.07) is 8.71. The van der Waals surface area contributed by atoms with Gasteiger partial charge in [-0.1, -0.05) is 29.3 Å². The molecule has 1 aromatic heterocycles. The summed E-state index contributed by atoms with van der Waals surface area (Å²) in [7, 11) is 0. The van der Waals surface area contributed by atoms with E-state index in [-0.39, 0.29) is 17.7 Å². The van der Waals surface area contributed by atoms with Crippen LogP contribution in [0.25, 0.3) is 6.08 Å². The van der Waals surface area contributed by atoms with Crippen LogP contribution >= 0.6 is 35.0 Å². The molecule has 0 unspecified atom stereocenters. The number of H-pyrrole nitrogens is 1. The molecule has 2 heterocycles. The third kappa shape index (κ3) is 2.92. The van der Waals surface area contributed by atoms with Gasteiger partial charge in [0.15, 0.2) is 0 Å². The number of hydrogen-bond donors (Lipinski definition) is 1. The molecule has 22 heavy (non-hydrogen) atoms. The van der Waals surface area contributed by atoms with Crippen LogP contribution in [0, 0.1) is 0 Å². The maximum absolute atomic E-state index is 12.4. The number of aromatic amines is 1. The fourth-order valence-electron chi connectivity index (χ4n) is 2.05. The molecule has 7 heteroatoms. The average Bonchev–Trinajstić information content (AvgIpc) is 3.06. The van der Waals surface area contributed by atoms with Crippen molar-refractivity contribution in [2.24, 2.45) is 0 Å². The van der Waals surface area contributed by atoms with E-state index in [1.807, 2.05) is 12.1 Å². The number of imide groups is 1. The van der Waals surface area contributed by atoms with Crippen molar-refractivity contribution in [2.75, 3.05) is 0 Å². The van der Waals surface area contributed by atoms with Crippen molar-refractivity contribution < 1.29 is 9.59 Å². The number of carbonyl (C=O) groups is 2. The molecular formula is C15H10Cl2N2O2S. The van der Waals surface area contributed by atoms with E-state index in [9.17, 15) is 9.59 Å². The molecule has 0 radical (unpaired) electrons. The Bertz CT molecular complexity index is 752. The van der Waals surface area contributed by atoms with Gasteiger partial charge in [0.1, 0.15) is 0 Å². The second kappa shape index (κ2) is 6.20. The molecule has 2 aromatic rings. The van der Waals surface area contributed by atoms with E-state index in [2.05, 4.69) is 4.98 Å². The number of nitrogens with zero attached hydrogens (tertiary/aromatic N) is 1. The highest BCUT2D eigenvalue weighted by atomic mass is 35.5. The lowest BCUT2D eigenvalue weighted by atomic mass is 10.2. The minimum absolute atomic E-state index is 0.0608. The monoisotopic (exact) mass is 352 g/mol. The van der Waals surface area contributed by atoms with Gasteiger partial charge >= 0.3 is 0 Å². The molecule has 0 atom stereocenters. The van der Waals surface area contributed by atoms with Crippen molar-refractivity contribution in [1.29, 1.82) is 0 Å². The van der Waals surface area contributed by atoms with Crippen LogP contribution in [0.1, 0.15) is 11.3 Å². The van der Waals surface area contributed by atoms with E-state index in [1.54, 1.807) is 30.5 Å². The van der Waals surface area contributed by atoms with Crippen LogP contribution in [0.2, 0.25) is 10.0 Å². The van der Waals surface area contributed by atoms with Gasteiger partial charge in [0, 0.05) is 27.5 Å². The summed E-state index contributed by atoms with van der Waals surface area (Å²) in [5, 5.41) is 0.526. The predicted molar refractivity (Wildman–Crippen MR) is 88.8 cm³/mol. The van der Waals surface area contributed by atoms with Crippen LogP contribution in [0.15, 0.2) is 41.4 Å². The lowest BCUT2D eigenvalue weighted by Gasteiger charge is -2.14. The maximum atomic E-state index is 12.4. The maximum Gasteiger partial charge on any atom is 0.293 e. The number of carbonyl (C=O) groups excluding carboxylic acids is 2. The first-order valence-corrected chi connectivity index (χ1v) is 7.95. The van der Waals surface area contributed by atoms with Gasteiger partial charge in [-0.3, -0.25) is 14.5 Å². The predicted octanol–water partition coefficient (Wildman–Crippen LogP) is 4.56. The third-order valence-electron chi connectivity index (χ3n) is 3.16. The van der Waals surface area contributed by atoms with Gasteiger partial charge in [0.2, 0.25) is 0 Å². The van der Waals surface area contributed by atoms with Gasteiger partial charge in [-0.25, -0.2) is 0 Å². The van der Waals surface area contributed by atoms with Crippen LogP contribution < -0.4 is 0 Å². The zero-order valence-electron chi connectivity index (χ0n) is 11.2. The molecule has 3 rings (SSSR count). The SMILES string of the molecule is O=C1S/C(=C\c2ccc[nH]2)C(=O)N1Cc1c(Cl)cccc1Cl. The molecule has 0 aliphatic carbocycles. The first-order chi connectivity index (χ1) is 10.6. The molecule has 1 saturated heterocycles. The first kappa shape index (κ1) is 15.2. The number of rotatable bonds is 3. The fourth-order valence-corrected chi connectivity index (χ4v) is 3.40. The van der Waals surface area contributed by atoms with Gasteiger partial charge in [0.05, 0.1) is 11.4 Å². The topological polar surface area (TPSA) is 53.2 Å². The number of aromatic nitrogens is 1. The second-order valence-electron chi connectivity index (χ2n) is 4.59. The normalized spacial score (nSPS) is 16.8. The highest BCUT2D eigenvalue weighted by Crippen LogP contribution is 2.35. The minimum atomic E-state index is -0.347. The molecule has 0 bridgehead atoms. The van der Waals surface area contributed by atoms with Gasteiger partial charge in [0.25, 0.3) is 11.1 Å². The number of nitrogens with one attached hydrogen (secondary N) is 1. The van der Waals surface area contributed by atoms with Crippen LogP contribution in [0.4, 0.5) is 4.79 Å². The Morgan fingerprint density at radius 1 is 1.14 bits per heavy atom. The smallest absolute Gasteiger partial charge is 0.293 e. The molecule has 1 fully saturated rings. The summed E-state index contributed by atoms with van der Waals surface area (Å²) in [5.74, 6) is -0.347. The van der Waals surface area contributed by atoms with E-state index in [4.69, 9.17) is 23.2 Å². The van der Waals surface area contributed by atoms with E-state index < -0.39 is 0 Å². The van der Waals surface area contributed by atoms with Crippen molar-refractivity contribution >= 4 is 52.2 Å². The van der Waals surface area contributed by atoms with Gasteiger partial charge in [-0.05, 0) is 42.1 Å². The number of benzene rings is 1. The summed E-state index contributed by atoms with van der Waals surface area (Å²) >= 11 is 13.1. The zero-order chi connectivity index (χ0) is 15.7. The Morgan fingerprint density at radius 2 is 1.86 bits per heavy atom. The average molecular weight is 353 g/mol. The highest BCUT2D eigenvalue weighted by Gasteiger charge is 2.35. The molecule has 1 aliphatic rings. The summed E-state index contributed by atoms with van der Waals surface area (Å²) in [5.41, 5.74) is 1.33. The number of hydrogen-bond acceptors (Lipinski definition) is 3. The van der Waals surface area contributed by atoms with Crippen molar-refractivity contribution in [2.45, 2.75) is 6.54 Å². The molecule has 1 N–H and O–H groups in total. The number of halogens is 2. The van der Waals surface area contributed by atoms with Gasteiger partial charge in [-0.2, -0.15) is 0 Å². The Kier molecular flexibility index (Phi) is 4.29. The lowest BCUT2D eigenvalue weighted by molar-refractivity contribution is -0.123.